The largest absolute Gasteiger partial charge is 0.408 e. The van der Waals surface area contributed by atoms with Crippen LogP contribution in [0.25, 0.3) is 0 Å². The number of urea groups is 1. The molecule has 1 heterocycles. The van der Waals surface area contributed by atoms with Crippen LogP contribution in [0.4, 0.5) is 18.0 Å². The van der Waals surface area contributed by atoms with E-state index in [-0.39, 0.29) is 19.0 Å². The van der Waals surface area contributed by atoms with Crippen molar-refractivity contribution in [3.8, 4) is 0 Å². The van der Waals surface area contributed by atoms with Crippen LogP contribution in [0.5, 0.6) is 0 Å². The first-order chi connectivity index (χ1) is 8.48. The SMILES string of the molecule is O=C(NC1CCCC1)N1CCCCC1C(F)(F)F. The number of carbonyl (C=O) groups is 1. The van der Waals surface area contributed by atoms with Gasteiger partial charge in [0, 0.05) is 12.6 Å². The van der Waals surface area contributed by atoms with Crippen molar-refractivity contribution in [3.05, 3.63) is 0 Å². The van der Waals surface area contributed by atoms with E-state index < -0.39 is 18.2 Å². The maximum absolute atomic E-state index is 12.8. The molecule has 1 unspecified atom stereocenters. The van der Waals surface area contributed by atoms with Crippen LogP contribution < -0.4 is 5.32 Å². The van der Waals surface area contributed by atoms with Crippen LogP contribution in [-0.2, 0) is 0 Å². The fraction of sp³-hybridized carbons (Fsp3) is 0.917. The van der Waals surface area contributed by atoms with Gasteiger partial charge in [-0.2, -0.15) is 13.2 Å². The Morgan fingerprint density at radius 2 is 1.67 bits per heavy atom. The van der Waals surface area contributed by atoms with Gasteiger partial charge in [0.05, 0.1) is 0 Å². The van der Waals surface area contributed by atoms with Crippen molar-refractivity contribution in [1.29, 1.82) is 0 Å². The molecule has 2 aliphatic rings. The van der Waals surface area contributed by atoms with Crippen LogP contribution in [0, 0.1) is 0 Å². The van der Waals surface area contributed by atoms with Crippen LogP contribution in [0.2, 0.25) is 0 Å². The normalized spacial score (nSPS) is 26.4. The second kappa shape index (κ2) is 5.36. The number of nitrogens with zero attached hydrogens (tertiary/aromatic N) is 1. The zero-order chi connectivity index (χ0) is 13.2. The van der Waals surface area contributed by atoms with Gasteiger partial charge in [0.15, 0.2) is 0 Å². The molecule has 1 saturated heterocycles. The molecule has 0 aromatic heterocycles. The second-order valence-corrected chi connectivity index (χ2v) is 5.18. The molecule has 2 rings (SSSR count). The number of carbonyl (C=O) groups excluding carboxylic acids is 1. The molecule has 1 N–H and O–H groups in total. The highest BCUT2D eigenvalue weighted by molar-refractivity contribution is 5.75. The van der Waals surface area contributed by atoms with Gasteiger partial charge < -0.3 is 10.2 Å². The molecule has 0 spiro atoms. The molecule has 1 saturated carbocycles. The molecule has 6 heteroatoms. The van der Waals surface area contributed by atoms with E-state index >= 15 is 0 Å². The summed E-state index contributed by atoms with van der Waals surface area (Å²) >= 11 is 0. The molecule has 104 valence electrons. The van der Waals surface area contributed by atoms with Crippen molar-refractivity contribution in [2.75, 3.05) is 6.54 Å². The van der Waals surface area contributed by atoms with Gasteiger partial charge in [0.25, 0.3) is 0 Å². The van der Waals surface area contributed by atoms with Crippen LogP contribution >= 0.6 is 0 Å². The molecule has 1 aliphatic carbocycles. The summed E-state index contributed by atoms with van der Waals surface area (Å²) < 4.78 is 38.5. The van der Waals surface area contributed by atoms with Crippen molar-refractivity contribution >= 4 is 6.03 Å². The smallest absolute Gasteiger partial charge is 0.335 e. The Balaban J connectivity index is 1.97. The fourth-order valence-corrected chi connectivity index (χ4v) is 2.84. The molecular formula is C12H19F3N2O. The predicted molar refractivity (Wildman–Crippen MR) is 61.2 cm³/mol. The topological polar surface area (TPSA) is 32.3 Å². The zero-order valence-corrected chi connectivity index (χ0v) is 10.3. The third-order valence-electron chi connectivity index (χ3n) is 3.82. The quantitative estimate of drug-likeness (QED) is 0.775. The number of amides is 2. The van der Waals surface area contributed by atoms with E-state index in [2.05, 4.69) is 5.32 Å². The molecule has 1 atom stereocenters. The summed E-state index contributed by atoms with van der Waals surface area (Å²) in [5, 5.41) is 2.74. The molecule has 0 bridgehead atoms. The molecular weight excluding hydrogens is 245 g/mol. The Morgan fingerprint density at radius 1 is 1.06 bits per heavy atom. The summed E-state index contributed by atoms with van der Waals surface area (Å²) in [7, 11) is 0. The summed E-state index contributed by atoms with van der Waals surface area (Å²) in [6.45, 7) is 0.211. The molecule has 1 aliphatic heterocycles. The lowest BCUT2D eigenvalue weighted by Crippen LogP contribution is -2.55. The number of rotatable bonds is 1. The van der Waals surface area contributed by atoms with E-state index in [9.17, 15) is 18.0 Å². The highest BCUT2D eigenvalue weighted by Crippen LogP contribution is 2.32. The number of nitrogens with one attached hydrogen (secondary N) is 1. The van der Waals surface area contributed by atoms with Crippen molar-refractivity contribution in [2.45, 2.75) is 63.2 Å². The van der Waals surface area contributed by atoms with Gasteiger partial charge in [0.2, 0.25) is 0 Å². The Kier molecular flexibility index (Phi) is 4.02. The maximum atomic E-state index is 12.8. The molecule has 0 aromatic carbocycles. The summed E-state index contributed by atoms with van der Waals surface area (Å²) in [6, 6.07) is -2.08. The van der Waals surface area contributed by atoms with Gasteiger partial charge in [-0.15, -0.1) is 0 Å². The van der Waals surface area contributed by atoms with Crippen LogP contribution in [0.3, 0.4) is 0 Å². The molecule has 2 fully saturated rings. The minimum Gasteiger partial charge on any atom is -0.335 e. The number of likely N-dealkylation sites (tertiary alicyclic amines) is 1. The van der Waals surface area contributed by atoms with Crippen molar-refractivity contribution < 1.29 is 18.0 Å². The first-order valence-electron chi connectivity index (χ1n) is 6.62. The summed E-state index contributed by atoms with van der Waals surface area (Å²) in [5.41, 5.74) is 0. The van der Waals surface area contributed by atoms with Crippen LogP contribution in [0.1, 0.15) is 44.9 Å². The maximum Gasteiger partial charge on any atom is 0.408 e. The van der Waals surface area contributed by atoms with Gasteiger partial charge in [-0.25, -0.2) is 4.79 Å². The minimum absolute atomic E-state index is 0.0294. The van der Waals surface area contributed by atoms with Gasteiger partial charge in [0.1, 0.15) is 6.04 Å². The van der Waals surface area contributed by atoms with E-state index in [4.69, 9.17) is 0 Å². The van der Waals surface area contributed by atoms with Crippen LogP contribution in [0.15, 0.2) is 0 Å². The minimum atomic E-state index is -4.31. The summed E-state index contributed by atoms with van der Waals surface area (Å²) in [4.78, 5) is 12.9. The summed E-state index contributed by atoms with van der Waals surface area (Å²) in [6.07, 6.45) is 0.783. The summed E-state index contributed by atoms with van der Waals surface area (Å²) in [5.74, 6) is 0. The third-order valence-corrected chi connectivity index (χ3v) is 3.82. The van der Waals surface area contributed by atoms with E-state index in [0.717, 1.165) is 30.6 Å². The van der Waals surface area contributed by atoms with E-state index in [1.54, 1.807) is 0 Å². The van der Waals surface area contributed by atoms with Crippen molar-refractivity contribution in [3.63, 3.8) is 0 Å². The van der Waals surface area contributed by atoms with Crippen molar-refractivity contribution in [2.24, 2.45) is 0 Å². The average molecular weight is 264 g/mol. The lowest BCUT2D eigenvalue weighted by molar-refractivity contribution is -0.182. The predicted octanol–water partition coefficient (Wildman–Crippen LogP) is 3.06. The lowest BCUT2D eigenvalue weighted by atomic mass is 10.0. The lowest BCUT2D eigenvalue weighted by Gasteiger charge is -2.37. The standard InChI is InChI=1S/C12H19F3N2O/c13-12(14,15)10-7-3-4-8-17(10)11(18)16-9-5-1-2-6-9/h9-10H,1-8H2,(H,16,18). The van der Waals surface area contributed by atoms with Crippen molar-refractivity contribution in [1.82, 2.24) is 10.2 Å². The van der Waals surface area contributed by atoms with E-state index in [1.807, 2.05) is 0 Å². The van der Waals surface area contributed by atoms with Gasteiger partial charge in [-0.1, -0.05) is 12.8 Å². The van der Waals surface area contributed by atoms with Crippen LogP contribution in [-0.4, -0.2) is 35.7 Å². The first-order valence-corrected chi connectivity index (χ1v) is 6.62. The number of halogens is 3. The van der Waals surface area contributed by atoms with Gasteiger partial charge in [-0.05, 0) is 32.1 Å². The monoisotopic (exact) mass is 264 g/mol. The number of hydrogen-bond donors (Lipinski definition) is 1. The number of piperidine rings is 1. The Hall–Kier alpha value is -0.940. The number of alkyl halides is 3. The highest BCUT2D eigenvalue weighted by atomic mass is 19.4. The molecule has 2 amide bonds. The third kappa shape index (κ3) is 3.09. The Bertz CT molecular complexity index is 300. The van der Waals surface area contributed by atoms with Gasteiger partial charge >= 0.3 is 12.2 Å². The van der Waals surface area contributed by atoms with E-state index in [1.165, 1.54) is 0 Å². The molecule has 18 heavy (non-hydrogen) atoms. The average Bonchev–Trinajstić information content (AvgIpc) is 2.80. The number of hydrogen-bond acceptors (Lipinski definition) is 1. The van der Waals surface area contributed by atoms with Gasteiger partial charge in [-0.3, -0.25) is 0 Å². The first kappa shape index (κ1) is 13.5. The molecule has 3 nitrogen and oxygen atoms in total. The second-order valence-electron chi connectivity index (χ2n) is 5.18. The van der Waals surface area contributed by atoms with E-state index in [0.29, 0.717) is 12.8 Å². The zero-order valence-electron chi connectivity index (χ0n) is 10.3. The molecule has 0 radical (unpaired) electrons. The highest BCUT2D eigenvalue weighted by Gasteiger charge is 2.46. The Labute approximate surface area is 105 Å². The fourth-order valence-electron chi connectivity index (χ4n) is 2.84. The molecule has 0 aromatic rings. The Morgan fingerprint density at radius 3 is 2.28 bits per heavy atom.